The van der Waals surface area contributed by atoms with E-state index in [9.17, 15) is 39.6 Å². The molecule has 0 aromatic heterocycles. The average molecular weight is 571 g/mol. The molecule has 0 bridgehead atoms. The van der Waals surface area contributed by atoms with Crippen LogP contribution in [0.2, 0.25) is 0 Å². The number of aliphatic hydroxyl groups is 3. The number of amides is 2. The Kier molecular flexibility index (Phi) is 7.70. The van der Waals surface area contributed by atoms with Crippen LogP contribution < -0.4 is 10.6 Å². The smallest absolute Gasteiger partial charge is 0.257 e. The van der Waals surface area contributed by atoms with E-state index in [4.69, 9.17) is 5.73 Å². The number of ketones is 2. The molecule has 0 spiro atoms. The zero-order valence-corrected chi connectivity index (χ0v) is 24.2. The zero-order chi connectivity index (χ0) is 30.7. The Morgan fingerprint density at radius 3 is 2.24 bits per heavy atom. The van der Waals surface area contributed by atoms with Gasteiger partial charge in [0.25, 0.3) is 11.8 Å². The summed E-state index contributed by atoms with van der Waals surface area (Å²) in [5.41, 5.74) is 2.25. The number of anilines is 1. The number of carbonyl (C=O) groups is 4. The Labute approximate surface area is 238 Å². The third kappa shape index (κ3) is 4.27. The molecule has 12 heteroatoms. The molecule has 1 aromatic carbocycles. The first-order chi connectivity index (χ1) is 19.1. The molecule has 4 rings (SSSR count). The van der Waals surface area contributed by atoms with Crippen LogP contribution in [0, 0.1) is 11.8 Å². The van der Waals surface area contributed by atoms with Crippen molar-refractivity contribution in [2.45, 2.75) is 44.8 Å². The van der Waals surface area contributed by atoms with E-state index in [1.54, 1.807) is 44.1 Å². The van der Waals surface area contributed by atoms with Crippen molar-refractivity contribution < 1.29 is 39.6 Å². The van der Waals surface area contributed by atoms with Gasteiger partial charge in [0.2, 0.25) is 5.78 Å². The molecule has 3 aliphatic rings. The number of primary amides is 1. The number of aromatic hydroxyl groups is 1. The fourth-order valence-corrected chi connectivity index (χ4v) is 6.70. The predicted octanol–water partition coefficient (Wildman–Crippen LogP) is 1.06. The highest BCUT2D eigenvalue weighted by molar-refractivity contribution is 6.25. The van der Waals surface area contributed by atoms with E-state index in [1.807, 2.05) is 13.8 Å². The molecule has 12 nitrogen and oxygen atoms in total. The van der Waals surface area contributed by atoms with Crippen molar-refractivity contribution in [1.29, 1.82) is 0 Å². The number of carbonyl (C=O) groups excluding carboxylic acids is 4. The molecule has 0 aliphatic heterocycles. The van der Waals surface area contributed by atoms with Crippen molar-refractivity contribution in [3.63, 3.8) is 0 Å². The molecule has 0 heterocycles. The lowest BCUT2D eigenvalue weighted by Gasteiger charge is -2.50. The standard InChI is InChI=1S/C29H38N4O8/c1-7-9-33(8-2)28(40)15-12-17(31(3)4)14-10-13-11-16-21(32(5)6)24(36)20(27(30)39)26(38)29(16,41)25(37)18(13)23(35)19(14)22(15)34/h12-13,16,21,34,36-37,41H,7-11H2,1-6H3,(H2,30,39)/t13-,16-,21-,29-/m0/s1. The van der Waals surface area contributed by atoms with E-state index in [2.05, 4.69) is 0 Å². The van der Waals surface area contributed by atoms with E-state index in [0.717, 1.165) is 0 Å². The first-order valence-electron chi connectivity index (χ1n) is 13.6. The van der Waals surface area contributed by atoms with Crippen molar-refractivity contribution in [3.8, 4) is 5.75 Å². The molecule has 0 radical (unpaired) electrons. The van der Waals surface area contributed by atoms with Gasteiger partial charge in [-0.2, -0.15) is 0 Å². The van der Waals surface area contributed by atoms with Gasteiger partial charge in [0.1, 0.15) is 22.8 Å². The minimum atomic E-state index is -2.72. The number of phenols is 1. The summed E-state index contributed by atoms with van der Waals surface area (Å²) in [4.78, 5) is 57.9. The maximum absolute atomic E-state index is 14.1. The maximum Gasteiger partial charge on any atom is 0.257 e. The lowest BCUT2D eigenvalue weighted by atomic mass is 9.58. The first kappa shape index (κ1) is 30.1. The molecule has 0 unspecified atom stereocenters. The average Bonchev–Trinajstić information content (AvgIpc) is 2.88. The summed E-state index contributed by atoms with van der Waals surface area (Å²) in [6.07, 6.45) is 0.808. The molecule has 0 fully saturated rings. The number of likely N-dealkylation sites (N-methyl/N-ethyl adjacent to an activating group) is 1. The normalized spacial score (nSPS) is 25.6. The minimum absolute atomic E-state index is 0.0137. The summed E-state index contributed by atoms with van der Waals surface area (Å²) in [6.45, 7) is 4.55. The minimum Gasteiger partial charge on any atom is -0.510 e. The summed E-state index contributed by atoms with van der Waals surface area (Å²) in [6, 6.07) is 0.483. The molecule has 2 amide bonds. The first-order valence-corrected chi connectivity index (χ1v) is 13.6. The van der Waals surface area contributed by atoms with Gasteiger partial charge >= 0.3 is 0 Å². The fourth-order valence-electron chi connectivity index (χ4n) is 6.70. The van der Waals surface area contributed by atoms with Gasteiger partial charge in [-0.05, 0) is 57.8 Å². The Hall–Kier alpha value is -3.90. The monoisotopic (exact) mass is 570 g/mol. The molecule has 1 aromatic rings. The Balaban J connectivity index is 1.97. The van der Waals surface area contributed by atoms with Crippen LogP contribution in [-0.2, 0) is 16.0 Å². The number of hydrogen-bond acceptors (Lipinski definition) is 10. The van der Waals surface area contributed by atoms with Gasteiger partial charge in [-0.15, -0.1) is 0 Å². The summed E-state index contributed by atoms with van der Waals surface area (Å²) in [5.74, 6) is -7.79. The topological polar surface area (TPSA) is 185 Å². The molecule has 4 atom stereocenters. The summed E-state index contributed by atoms with van der Waals surface area (Å²) < 4.78 is 0. The van der Waals surface area contributed by atoms with Gasteiger partial charge in [-0.3, -0.25) is 24.1 Å². The number of fused-ring (bicyclic) bond motifs is 3. The maximum atomic E-state index is 14.1. The Morgan fingerprint density at radius 2 is 1.73 bits per heavy atom. The lowest BCUT2D eigenvalue weighted by molar-refractivity contribution is -0.148. The number of aliphatic hydroxyl groups excluding tert-OH is 2. The van der Waals surface area contributed by atoms with Crippen molar-refractivity contribution in [1.82, 2.24) is 9.80 Å². The molecule has 0 saturated heterocycles. The summed E-state index contributed by atoms with van der Waals surface area (Å²) in [5, 5.41) is 45.5. The van der Waals surface area contributed by atoms with Gasteiger partial charge in [0.15, 0.2) is 11.4 Å². The number of phenolic OH excluding ortho intramolecular Hbond substituents is 1. The van der Waals surface area contributed by atoms with Crippen molar-refractivity contribution >= 4 is 29.1 Å². The second-order valence-electron chi connectivity index (χ2n) is 11.4. The summed E-state index contributed by atoms with van der Waals surface area (Å²) >= 11 is 0. The SMILES string of the molecule is CCCN(CC)C(=O)c1cc(N(C)C)c2c(c1O)C(=O)C1=C(O)[C@]3(O)C(=O)C(C(N)=O)=C(O)[C@@H](N(C)C)[C@@H]3C[C@@H]1C2. The van der Waals surface area contributed by atoms with E-state index in [0.29, 0.717) is 30.8 Å². The largest absolute Gasteiger partial charge is 0.510 e. The van der Waals surface area contributed by atoms with Gasteiger partial charge in [-0.1, -0.05) is 6.92 Å². The van der Waals surface area contributed by atoms with Crippen LogP contribution in [0.4, 0.5) is 5.69 Å². The van der Waals surface area contributed by atoms with E-state index >= 15 is 0 Å². The second kappa shape index (κ2) is 10.5. The van der Waals surface area contributed by atoms with E-state index < -0.39 is 69.7 Å². The predicted molar refractivity (Wildman–Crippen MR) is 150 cm³/mol. The number of benzene rings is 1. The molecular weight excluding hydrogens is 532 g/mol. The molecule has 41 heavy (non-hydrogen) atoms. The van der Waals surface area contributed by atoms with Crippen LogP contribution in [-0.4, -0.2) is 107 Å². The number of allylic oxidation sites excluding steroid dienone is 1. The Bertz CT molecular complexity index is 1410. The quantitative estimate of drug-likeness (QED) is 0.297. The van der Waals surface area contributed by atoms with Crippen molar-refractivity contribution in [2.24, 2.45) is 17.6 Å². The van der Waals surface area contributed by atoms with Crippen LogP contribution in [0.15, 0.2) is 28.7 Å². The fraction of sp³-hybridized carbons (Fsp3) is 0.517. The van der Waals surface area contributed by atoms with E-state index in [1.165, 1.54) is 4.90 Å². The third-order valence-corrected chi connectivity index (χ3v) is 8.57. The summed E-state index contributed by atoms with van der Waals surface area (Å²) in [7, 11) is 6.64. The van der Waals surface area contributed by atoms with Crippen LogP contribution in [0.1, 0.15) is 53.0 Å². The zero-order valence-electron chi connectivity index (χ0n) is 24.2. The molecule has 6 N–H and O–H groups in total. The highest BCUT2D eigenvalue weighted by atomic mass is 16.3. The van der Waals surface area contributed by atoms with Crippen molar-refractivity contribution in [2.75, 3.05) is 46.2 Å². The van der Waals surface area contributed by atoms with Crippen LogP contribution in [0.3, 0.4) is 0 Å². The van der Waals surface area contributed by atoms with Crippen LogP contribution in [0.25, 0.3) is 0 Å². The highest BCUT2D eigenvalue weighted by Gasteiger charge is 2.63. The van der Waals surface area contributed by atoms with Crippen molar-refractivity contribution in [3.05, 3.63) is 45.4 Å². The number of Topliss-reactive ketones (excluding diaryl/α,β-unsaturated/α-hetero) is 2. The molecule has 0 saturated carbocycles. The van der Waals surface area contributed by atoms with Crippen LogP contribution >= 0.6 is 0 Å². The number of nitrogens with two attached hydrogens (primary N) is 1. The number of rotatable bonds is 7. The van der Waals surface area contributed by atoms with E-state index in [-0.39, 0.29) is 29.5 Å². The molecule has 3 aliphatic carbocycles. The Morgan fingerprint density at radius 1 is 1.10 bits per heavy atom. The van der Waals surface area contributed by atoms with Gasteiger partial charge in [0.05, 0.1) is 17.2 Å². The van der Waals surface area contributed by atoms with Gasteiger partial charge < -0.3 is 36.0 Å². The van der Waals surface area contributed by atoms with Gasteiger partial charge in [-0.25, -0.2) is 0 Å². The molecule has 222 valence electrons. The number of hydrogen-bond donors (Lipinski definition) is 5. The highest BCUT2D eigenvalue weighted by Crippen LogP contribution is 2.53. The number of nitrogens with zero attached hydrogens (tertiary/aromatic N) is 3. The second-order valence-corrected chi connectivity index (χ2v) is 11.4. The van der Waals surface area contributed by atoms with Gasteiger partial charge in [0, 0.05) is 44.4 Å². The molecular formula is C29H38N4O8. The van der Waals surface area contributed by atoms with Crippen LogP contribution in [0.5, 0.6) is 5.75 Å². The third-order valence-electron chi connectivity index (χ3n) is 8.57. The lowest BCUT2D eigenvalue weighted by Crippen LogP contribution is -2.63.